The molecule has 0 radical (unpaired) electrons. The number of aromatic carboxylic acids is 1. The summed E-state index contributed by atoms with van der Waals surface area (Å²) in [5, 5.41) is 12.6. The van der Waals surface area contributed by atoms with Crippen LogP contribution in [0.25, 0.3) is 10.7 Å². The van der Waals surface area contributed by atoms with Gasteiger partial charge in [0.15, 0.2) is 5.69 Å². The number of carboxylic acid groups (broad SMARTS) is 1. The van der Waals surface area contributed by atoms with Gasteiger partial charge in [0.1, 0.15) is 15.6 Å². The summed E-state index contributed by atoms with van der Waals surface area (Å²) in [5.41, 5.74) is -1.18. The first-order chi connectivity index (χ1) is 8.29. The van der Waals surface area contributed by atoms with Crippen LogP contribution in [0.4, 0.5) is 13.2 Å². The van der Waals surface area contributed by atoms with Crippen LogP contribution >= 0.6 is 11.3 Å². The Kier molecular flexibility index (Phi) is 2.85. The van der Waals surface area contributed by atoms with Gasteiger partial charge >= 0.3 is 12.1 Å². The minimum Gasteiger partial charge on any atom is -0.477 e. The highest BCUT2D eigenvalue weighted by Gasteiger charge is 2.40. The molecule has 2 rings (SSSR count). The first kappa shape index (κ1) is 12.6. The van der Waals surface area contributed by atoms with E-state index in [4.69, 9.17) is 5.11 Å². The summed E-state index contributed by atoms with van der Waals surface area (Å²) in [6.45, 7) is 0. The van der Waals surface area contributed by atoms with E-state index in [0.717, 1.165) is 0 Å². The van der Waals surface area contributed by atoms with Gasteiger partial charge in [-0.2, -0.15) is 18.3 Å². The molecule has 0 aromatic carbocycles. The van der Waals surface area contributed by atoms with E-state index < -0.39 is 22.7 Å². The largest absolute Gasteiger partial charge is 0.477 e. The van der Waals surface area contributed by atoms with Gasteiger partial charge in [0.05, 0.1) is 0 Å². The highest BCUT2D eigenvalue weighted by molar-refractivity contribution is 7.17. The van der Waals surface area contributed by atoms with E-state index >= 15 is 0 Å². The Hall–Kier alpha value is -1.90. The quantitative estimate of drug-likeness (QED) is 0.914. The molecule has 5 nitrogen and oxygen atoms in total. The Morgan fingerprint density at radius 1 is 1.50 bits per heavy atom. The van der Waals surface area contributed by atoms with E-state index in [2.05, 4.69) is 10.1 Å². The van der Waals surface area contributed by atoms with Crippen molar-refractivity contribution in [3.63, 3.8) is 0 Å². The molecule has 2 aromatic heterocycles. The number of aromatic nitrogens is 3. The third-order valence-corrected chi connectivity index (χ3v) is 3.09. The predicted octanol–water partition coefficient (Wildman–Crippen LogP) is 2.26. The minimum atomic E-state index is -4.79. The van der Waals surface area contributed by atoms with Crippen molar-refractivity contribution < 1.29 is 23.1 Å². The fourth-order valence-corrected chi connectivity index (χ4v) is 2.18. The molecule has 0 saturated carbocycles. The van der Waals surface area contributed by atoms with E-state index in [-0.39, 0.29) is 10.7 Å². The number of hydrogen-bond acceptors (Lipinski definition) is 4. The molecule has 0 aliphatic heterocycles. The topological polar surface area (TPSA) is 68.0 Å². The Labute approximate surface area is 103 Å². The monoisotopic (exact) mass is 277 g/mol. The predicted molar refractivity (Wildman–Crippen MR) is 56.3 cm³/mol. The van der Waals surface area contributed by atoms with E-state index in [9.17, 15) is 18.0 Å². The molecule has 0 unspecified atom stereocenters. The summed E-state index contributed by atoms with van der Waals surface area (Å²) in [4.78, 5) is 13.3. The summed E-state index contributed by atoms with van der Waals surface area (Å²) in [5.74, 6) is -1.65. The second-order valence-corrected chi connectivity index (χ2v) is 4.37. The van der Waals surface area contributed by atoms with Crippen LogP contribution < -0.4 is 0 Å². The number of aryl methyl sites for hydroxylation is 1. The molecule has 1 N–H and O–H groups in total. The molecule has 18 heavy (non-hydrogen) atoms. The number of nitrogens with zero attached hydrogens (tertiary/aromatic N) is 3. The maximum absolute atomic E-state index is 12.6. The van der Waals surface area contributed by atoms with Crippen molar-refractivity contribution in [2.45, 2.75) is 6.18 Å². The summed E-state index contributed by atoms with van der Waals surface area (Å²) in [6, 6.07) is 1.46. The highest BCUT2D eigenvalue weighted by atomic mass is 32.1. The van der Waals surface area contributed by atoms with Gasteiger partial charge in [-0.3, -0.25) is 4.68 Å². The van der Waals surface area contributed by atoms with E-state index in [1.165, 1.54) is 16.9 Å². The van der Waals surface area contributed by atoms with Crippen LogP contribution in [0.15, 0.2) is 12.3 Å². The molecule has 9 heteroatoms. The third-order valence-electron chi connectivity index (χ3n) is 2.02. The number of carboxylic acids is 1. The lowest BCUT2D eigenvalue weighted by Crippen LogP contribution is -2.11. The first-order valence-corrected chi connectivity index (χ1v) is 5.42. The number of hydrogen-bond donors (Lipinski definition) is 1. The SMILES string of the molecule is Cn1ccc(-c2nc(C(F)(F)F)c(C(=O)O)s2)n1. The van der Waals surface area contributed by atoms with Gasteiger partial charge in [-0.25, -0.2) is 9.78 Å². The van der Waals surface area contributed by atoms with Crippen molar-refractivity contribution in [1.82, 2.24) is 14.8 Å². The molecule has 0 amide bonds. The third kappa shape index (κ3) is 2.21. The van der Waals surface area contributed by atoms with Crippen LogP contribution in [0, 0.1) is 0 Å². The van der Waals surface area contributed by atoms with Crippen molar-refractivity contribution >= 4 is 17.3 Å². The summed E-state index contributed by atoms with van der Waals surface area (Å²) < 4.78 is 39.2. The lowest BCUT2D eigenvalue weighted by molar-refractivity contribution is -0.141. The molecule has 0 fully saturated rings. The van der Waals surface area contributed by atoms with Crippen LogP contribution in [0.2, 0.25) is 0 Å². The molecular weight excluding hydrogens is 271 g/mol. The minimum absolute atomic E-state index is 0.0691. The molecule has 0 aliphatic rings. The van der Waals surface area contributed by atoms with E-state index in [1.807, 2.05) is 0 Å². The number of rotatable bonds is 2. The summed E-state index contributed by atoms with van der Waals surface area (Å²) in [6.07, 6.45) is -3.26. The van der Waals surface area contributed by atoms with Gasteiger partial charge in [-0.05, 0) is 6.07 Å². The number of carbonyl (C=O) groups is 1. The molecular formula is C9H6F3N3O2S. The summed E-state index contributed by atoms with van der Waals surface area (Å²) in [7, 11) is 1.60. The van der Waals surface area contributed by atoms with Crippen molar-refractivity contribution in [3.8, 4) is 10.7 Å². The van der Waals surface area contributed by atoms with Crippen LogP contribution in [0.1, 0.15) is 15.4 Å². The zero-order valence-electron chi connectivity index (χ0n) is 8.89. The van der Waals surface area contributed by atoms with Gasteiger partial charge in [0.25, 0.3) is 0 Å². The molecule has 2 aromatic rings. The zero-order valence-corrected chi connectivity index (χ0v) is 9.71. The van der Waals surface area contributed by atoms with Gasteiger partial charge in [-0.15, -0.1) is 11.3 Å². The van der Waals surface area contributed by atoms with Crippen molar-refractivity contribution in [3.05, 3.63) is 22.8 Å². The Morgan fingerprint density at radius 2 is 2.17 bits per heavy atom. The van der Waals surface area contributed by atoms with Crippen LogP contribution in [-0.4, -0.2) is 25.8 Å². The molecule has 0 spiro atoms. The zero-order chi connectivity index (χ0) is 13.5. The molecule has 0 aliphatic carbocycles. The number of halogens is 3. The van der Waals surface area contributed by atoms with Gasteiger partial charge in [0.2, 0.25) is 0 Å². The highest BCUT2D eigenvalue weighted by Crippen LogP contribution is 2.37. The fourth-order valence-electron chi connectivity index (χ4n) is 1.30. The van der Waals surface area contributed by atoms with Crippen molar-refractivity contribution in [2.24, 2.45) is 7.05 Å². The second-order valence-electron chi connectivity index (χ2n) is 3.37. The van der Waals surface area contributed by atoms with Crippen LogP contribution in [-0.2, 0) is 13.2 Å². The van der Waals surface area contributed by atoms with Gasteiger partial charge < -0.3 is 5.11 Å². The molecule has 0 saturated heterocycles. The molecule has 2 heterocycles. The van der Waals surface area contributed by atoms with E-state index in [1.54, 1.807) is 7.05 Å². The standard InChI is InChI=1S/C9H6F3N3O2S/c1-15-3-2-4(14-15)7-13-6(9(10,11)12)5(18-7)8(16)17/h2-3H,1H3,(H,16,17). The lowest BCUT2D eigenvalue weighted by Gasteiger charge is -2.02. The van der Waals surface area contributed by atoms with Gasteiger partial charge in [-0.1, -0.05) is 0 Å². The van der Waals surface area contributed by atoms with Crippen LogP contribution in [0.3, 0.4) is 0 Å². The second kappa shape index (κ2) is 4.09. The average Bonchev–Trinajstić information content (AvgIpc) is 2.81. The Bertz CT molecular complexity index is 602. The maximum atomic E-state index is 12.6. The lowest BCUT2D eigenvalue weighted by atomic mass is 10.3. The number of alkyl halides is 3. The van der Waals surface area contributed by atoms with Crippen LogP contribution in [0.5, 0.6) is 0 Å². The maximum Gasteiger partial charge on any atom is 0.435 e. The average molecular weight is 277 g/mol. The number of thiazole rings is 1. The Morgan fingerprint density at radius 3 is 2.56 bits per heavy atom. The smallest absolute Gasteiger partial charge is 0.435 e. The van der Waals surface area contributed by atoms with Gasteiger partial charge in [0, 0.05) is 13.2 Å². The Balaban J connectivity index is 2.56. The normalized spacial score (nSPS) is 11.8. The summed E-state index contributed by atoms with van der Waals surface area (Å²) >= 11 is 0.454. The van der Waals surface area contributed by atoms with Crippen molar-refractivity contribution in [2.75, 3.05) is 0 Å². The molecule has 0 atom stereocenters. The van der Waals surface area contributed by atoms with Crippen molar-refractivity contribution in [1.29, 1.82) is 0 Å². The molecule has 96 valence electrons. The van der Waals surface area contributed by atoms with E-state index in [0.29, 0.717) is 11.3 Å². The fraction of sp³-hybridized carbons (Fsp3) is 0.222. The first-order valence-electron chi connectivity index (χ1n) is 4.60. The molecule has 0 bridgehead atoms.